The second-order valence-corrected chi connectivity index (χ2v) is 8.86. The molecule has 3 rings (SSSR count). The van der Waals surface area contributed by atoms with E-state index in [-0.39, 0.29) is 4.90 Å². The molecule has 1 amide bonds. The van der Waals surface area contributed by atoms with Crippen molar-refractivity contribution in [3.05, 3.63) is 58.4 Å². The normalized spacial score (nSPS) is 12.3. The maximum atomic E-state index is 12.4. The summed E-state index contributed by atoms with van der Waals surface area (Å²) < 4.78 is 30.5. The van der Waals surface area contributed by atoms with Crippen LogP contribution >= 0.6 is 11.3 Å². The Morgan fingerprint density at radius 1 is 1.07 bits per heavy atom. The maximum Gasteiger partial charge on any atom is 0.337 e. The van der Waals surface area contributed by atoms with Crippen LogP contribution < -0.4 is 4.80 Å². The lowest BCUT2D eigenvalue weighted by Crippen LogP contribution is -2.13. The van der Waals surface area contributed by atoms with E-state index in [0.29, 0.717) is 20.6 Å². The first kappa shape index (κ1) is 19.0. The maximum absolute atomic E-state index is 12.4. The Labute approximate surface area is 159 Å². The van der Waals surface area contributed by atoms with Crippen molar-refractivity contribution in [3.8, 4) is 0 Å². The van der Waals surface area contributed by atoms with Crippen LogP contribution in [-0.2, 0) is 21.6 Å². The second-order valence-electron chi connectivity index (χ2n) is 5.83. The minimum absolute atomic E-state index is 0.216. The van der Waals surface area contributed by atoms with Gasteiger partial charge in [0.25, 0.3) is 5.91 Å². The third-order valence-electron chi connectivity index (χ3n) is 3.96. The largest absolute Gasteiger partial charge is 0.465 e. The topological polar surface area (TPSA) is 94.8 Å². The van der Waals surface area contributed by atoms with E-state index in [9.17, 15) is 18.0 Å². The summed E-state index contributed by atoms with van der Waals surface area (Å²) in [5, 5.41) is 0. The third-order valence-corrected chi connectivity index (χ3v) is 6.16. The smallest absolute Gasteiger partial charge is 0.337 e. The number of rotatable bonds is 3. The summed E-state index contributed by atoms with van der Waals surface area (Å²) in [6, 6.07) is 10.8. The van der Waals surface area contributed by atoms with E-state index >= 15 is 0 Å². The van der Waals surface area contributed by atoms with E-state index in [0.717, 1.165) is 11.8 Å². The van der Waals surface area contributed by atoms with Gasteiger partial charge in [-0.1, -0.05) is 11.3 Å². The summed E-state index contributed by atoms with van der Waals surface area (Å²) in [5.74, 6) is -0.944. The highest BCUT2D eigenvalue weighted by Crippen LogP contribution is 2.21. The number of aryl methyl sites for hydroxylation is 1. The van der Waals surface area contributed by atoms with Crippen molar-refractivity contribution in [2.75, 3.05) is 13.4 Å². The molecule has 7 nitrogen and oxygen atoms in total. The molecule has 0 unspecified atom stereocenters. The quantitative estimate of drug-likeness (QED) is 0.624. The number of hydrogen-bond donors (Lipinski definition) is 0. The highest BCUT2D eigenvalue weighted by molar-refractivity contribution is 7.90. The summed E-state index contributed by atoms with van der Waals surface area (Å²) in [6.07, 6.45) is 1.15. The van der Waals surface area contributed by atoms with Gasteiger partial charge in [-0.05, 0) is 42.5 Å². The van der Waals surface area contributed by atoms with Crippen LogP contribution in [0.2, 0.25) is 0 Å². The minimum atomic E-state index is -3.32. The van der Waals surface area contributed by atoms with E-state index in [1.54, 1.807) is 23.7 Å². The molecular weight excluding hydrogens is 388 g/mol. The summed E-state index contributed by atoms with van der Waals surface area (Å²) in [6.45, 7) is 0. The molecule has 0 saturated carbocycles. The number of thiazole rings is 1. The average Bonchev–Trinajstić information content (AvgIpc) is 2.95. The third kappa shape index (κ3) is 3.83. The number of fused-ring (bicyclic) bond motifs is 1. The Bertz CT molecular complexity index is 1220. The first-order chi connectivity index (χ1) is 12.7. The Kier molecular flexibility index (Phi) is 4.99. The summed E-state index contributed by atoms with van der Waals surface area (Å²) >= 11 is 1.23. The van der Waals surface area contributed by atoms with Gasteiger partial charge in [-0.3, -0.25) is 4.79 Å². The highest BCUT2D eigenvalue weighted by Gasteiger charge is 2.12. The SMILES string of the molecule is COC(=O)c1ccc(C(=O)N=c2sc3cc(S(C)(=O)=O)ccc3n2C)cc1. The number of esters is 1. The van der Waals surface area contributed by atoms with Crippen molar-refractivity contribution in [1.82, 2.24) is 4.57 Å². The average molecular weight is 404 g/mol. The zero-order valence-electron chi connectivity index (χ0n) is 14.8. The van der Waals surface area contributed by atoms with Crippen molar-refractivity contribution in [2.24, 2.45) is 12.0 Å². The number of hydrogen-bond acceptors (Lipinski definition) is 6. The summed E-state index contributed by atoms with van der Waals surface area (Å²) in [5.41, 5.74) is 1.45. The van der Waals surface area contributed by atoms with Gasteiger partial charge < -0.3 is 9.30 Å². The van der Waals surface area contributed by atoms with Crippen LogP contribution in [-0.4, -0.2) is 38.2 Å². The number of carbonyl (C=O) groups excluding carboxylic acids is 2. The molecule has 0 aliphatic rings. The second kappa shape index (κ2) is 7.09. The number of amides is 1. The molecule has 140 valence electrons. The first-order valence-corrected chi connectivity index (χ1v) is 10.5. The van der Waals surface area contributed by atoms with E-state index in [4.69, 9.17) is 0 Å². The van der Waals surface area contributed by atoms with Gasteiger partial charge in [0.05, 0.1) is 27.8 Å². The number of benzene rings is 2. The van der Waals surface area contributed by atoms with E-state index < -0.39 is 21.7 Å². The van der Waals surface area contributed by atoms with Gasteiger partial charge in [0.2, 0.25) is 0 Å². The molecule has 0 spiro atoms. The Morgan fingerprint density at radius 2 is 1.70 bits per heavy atom. The molecule has 9 heteroatoms. The van der Waals surface area contributed by atoms with E-state index in [2.05, 4.69) is 9.73 Å². The fourth-order valence-corrected chi connectivity index (χ4v) is 4.25. The lowest BCUT2D eigenvalue weighted by atomic mass is 10.1. The fourth-order valence-electron chi connectivity index (χ4n) is 2.47. The molecule has 1 heterocycles. The van der Waals surface area contributed by atoms with Crippen LogP contribution in [0.1, 0.15) is 20.7 Å². The van der Waals surface area contributed by atoms with Gasteiger partial charge in [-0.25, -0.2) is 13.2 Å². The summed E-state index contributed by atoms with van der Waals surface area (Å²) in [7, 11) is -0.275. The first-order valence-electron chi connectivity index (χ1n) is 7.78. The molecule has 0 N–H and O–H groups in total. The number of nitrogens with zero attached hydrogens (tertiary/aromatic N) is 2. The van der Waals surface area contributed by atoms with Gasteiger partial charge in [0.15, 0.2) is 14.6 Å². The zero-order valence-corrected chi connectivity index (χ0v) is 16.4. The molecule has 0 bridgehead atoms. The molecule has 1 aromatic heterocycles. The van der Waals surface area contributed by atoms with Crippen molar-refractivity contribution in [3.63, 3.8) is 0 Å². The molecule has 0 fully saturated rings. The van der Waals surface area contributed by atoms with Gasteiger partial charge in [-0.15, -0.1) is 0 Å². The molecule has 3 aromatic rings. The van der Waals surface area contributed by atoms with Gasteiger partial charge in [0.1, 0.15) is 0 Å². The zero-order chi connectivity index (χ0) is 19.8. The van der Waals surface area contributed by atoms with E-state index in [1.165, 1.54) is 48.8 Å². The fraction of sp³-hybridized carbons (Fsp3) is 0.167. The van der Waals surface area contributed by atoms with Gasteiger partial charge in [-0.2, -0.15) is 4.99 Å². The molecule has 0 radical (unpaired) electrons. The van der Waals surface area contributed by atoms with Crippen molar-refractivity contribution in [1.29, 1.82) is 0 Å². The van der Waals surface area contributed by atoms with Gasteiger partial charge >= 0.3 is 5.97 Å². The van der Waals surface area contributed by atoms with Crippen molar-refractivity contribution in [2.45, 2.75) is 4.90 Å². The Balaban J connectivity index is 2.01. The predicted octanol–water partition coefficient (Wildman–Crippen LogP) is 2.17. The molecule has 2 aromatic carbocycles. The highest BCUT2D eigenvalue weighted by atomic mass is 32.2. The van der Waals surface area contributed by atoms with Crippen molar-refractivity contribution >= 4 is 43.3 Å². The van der Waals surface area contributed by atoms with Crippen LogP contribution in [0.15, 0.2) is 52.4 Å². The summed E-state index contributed by atoms with van der Waals surface area (Å²) in [4.78, 5) is 28.7. The monoisotopic (exact) mass is 404 g/mol. The molecule has 0 aliphatic heterocycles. The standard InChI is InChI=1S/C18H16N2O5S2/c1-20-14-9-8-13(27(3,23)24)10-15(14)26-18(20)19-16(21)11-4-6-12(7-5-11)17(22)25-2/h4-10H,1-3H3. The molecular formula is C18H16N2O5S2. The Morgan fingerprint density at radius 3 is 2.30 bits per heavy atom. The van der Waals surface area contributed by atoms with Crippen LogP contribution in [0.25, 0.3) is 10.2 Å². The molecule has 27 heavy (non-hydrogen) atoms. The van der Waals surface area contributed by atoms with Crippen LogP contribution in [0.5, 0.6) is 0 Å². The van der Waals surface area contributed by atoms with Crippen LogP contribution in [0.4, 0.5) is 0 Å². The number of carbonyl (C=O) groups is 2. The van der Waals surface area contributed by atoms with Gasteiger partial charge in [0, 0.05) is 18.9 Å². The molecule has 0 saturated heterocycles. The van der Waals surface area contributed by atoms with Crippen molar-refractivity contribution < 1.29 is 22.7 Å². The number of ether oxygens (including phenoxy) is 1. The molecule has 0 atom stereocenters. The number of aromatic nitrogens is 1. The van der Waals surface area contributed by atoms with Crippen LogP contribution in [0.3, 0.4) is 0 Å². The van der Waals surface area contributed by atoms with Crippen LogP contribution in [0, 0.1) is 0 Å². The Hall–Kier alpha value is -2.78. The lowest BCUT2D eigenvalue weighted by molar-refractivity contribution is 0.0600. The number of sulfone groups is 1. The predicted molar refractivity (Wildman–Crippen MR) is 102 cm³/mol. The lowest BCUT2D eigenvalue weighted by Gasteiger charge is -2.00. The minimum Gasteiger partial charge on any atom is -0.465 e. The van der Waals surface area contributed by atoms with E-state index in [1.807, 2.05) is 0 Å². The number of methoxy groups -OCH3 is 1. The molecule has 0 aliphatic carbocycles.